The molecule has 1 aliphatic heterocycles. The van der Waals surface area contributed by atoms with Crippen LogP contribution in [0.4, 0.5) is 0 Å². The van der Waals surface area contributed by atoms with Crippen molar-refractivity contribution in [1.29, 1.82) is 0 Å². The van der Waals surface area contributed by atoms with Crippen LogP contribution in [0.5, 0.6) is 0 Å². The van der Waals surface area contributed by atoms with Crippen LogP contribution in [0.2, 0.25) is 0 Å². The van der Waals surface area contributed by atoms with E-state index in [0.717, 1.165) is 23.5 Å². The zero-order valence-corrected chi connectivity index (χ0v) is 14.8. The molecule has 1 fully saturated rings. The monoisotopic (exact) mass is 338 g/mol. The molecular formula is C17H22O3S2. The smallest absolute Gasteiger partial charge is 0.310 e. The SMILES string of the molecule is CC(C)(C)OC(=O)[C@@H]1CS[C@@H](CSC(=O)c2ccccc2)C1. The molecule has 1 aromatic carbocycles. The Hall–Kier alpha value is -0.940. The average Bonchev–Trinajstić information content (AvgIpc) is 2.93. The van der Waals surface area contributed by atoms with Crippen LogP contribution in [0.3, 0.4) is 0 Å². The van der Waals surface area contributed by atoms with Crippen molar-refractivity contribution in [3.8, 4) is 0 Å². The third-order valence-electron chi connectivity index (χ3n) is 3.23. The van der Waals surface area contributed by atoms with Crippen molar-refractivity contribution in [3.63, 3.8) is 0 Å². The van der Waals surface area contributed by atoms with Crippen LogP contribution in [0, 0.1) is 5.92 Å². The summed E-state index contributed by atoms with van der Waals surface area (Å²) >= 11 is 3.11. The first-order chi connectivity index (χ1) is 10.3. The molecular weight excluding hydrogens is 316 g/mol. The highest BCUT2D eigenvalue weighted by molar-refractivity contribution is 8.15. The largest absolute Gasteiger partial charge is 0.460 e. The van der Waals surface area contributed by atoms with Crippen LogP contribution >= 0.6 is 23.5 Å². The highest BCUT2D eigenvalue weighted by Crippen LogP contribution is 2.35. The number of carbonyl (C=O) groups is 2. The Morgan fingerprint density at radius 3 is 2.59 bits per heavy atom. The van der Waals surface area contributed by atoms with Crippen LogP contribution < -0.4 is 0 Å². The molecule has 0 saturated carbocycles. The molecule has 1 aliphatic rings. The Bertz CT molecular complexity index is 522. The molecule has 2 atom stereocenters. The van der Waals surface area contributed by atoms with Crippen LogP contribution in [-0.2, 0) is 9.53 Å². The first-order valence-corrected chi connectivity index (χ1v) is 9.45. The normalized spacial score (nSPS) is 21.6. The lowest BCUT2D eigenvalue weighted by Crippen LogP contribution is -2.29. The number of thioether (sulfide) groups is 2. The van der Waals surface area contributed by atoms with Gasteiger partial charge in [-0.3, -0.25) is 9.59 Å². The molecule has 0 amide bonds. The minimum absolute atomic E-state index is 0.0401. The second-order valence-corrected chi connectivity index (χ2v) is 8.71. The Morgan fingerprint density at radius 1 is 1.27 bits per heavy atom. The van der Waals surface area contributed by atoms with E-state index in [1.807, 2.05) is 51.1 Å². The standard InChI is InChI=1S/C17H22O3S2/c1-17(2,3)20-15(18)13-9-14(21-10-13)11-22-16(19)12-7-5-4-6-8-12/h4-8,13-14H,9-11H2,1-3H3/t13-,14+/m0/s1. The third-order valence-corrected chi connectivity index (χ3v) is 5.93. The maximum Gasteiger partial charge on any atom is 0.310 e. The van der Waals surface area contributed by atoms with Gasteiger partial charge in [-0.25, -0.2) is 0 Å². The summed E-state index contributed by atoms with van der Waals surface area (Å²) in [4.78, 5) is 24.1. The van der Waals surface area contributed by atoms with E-state index in [9.17, 15) is 9.59 Å². The van der Waals surface area contributed by atoms with Gasteiger partial charge in [0, 0.05) is 22.3 Å². The van der Waals surface area contributed by atoms with E-state index < -0.39 is 5.60 Å². The van der Waals surface area contributed by atoms with Crippen molar-refractivity contribution < 1.29 is 14.3 Å². The van der Waals surface area contributed by atoms with Gasteiger partial charge in [0.15, 0.2) is 0 Å². The molecule has 0 aromatic heterocycles. The van der Waals surface area contributed by atoms with Crippen molar-refractivity contribution >= 4 is 34.6 Å². The third kappa shape index (κ3) is 5.36. The Kier molecular flexibility index (Phi) is 5.98. The number of rotatable bonds is 4. The van der Waals surface area contributed by atoms with E-state index in [4.69, 9.17) is 4.74 Å². The van der Waals surface area contributed by atoms with Crippen LogP contribution in [-0.4, -0.2) is 33.4 Å². The molecule has 5 heteroatoms. The number of hydrogen-bond acceptors (Lipinski definition) is 5. The van der Waals surface area contributed by atoms with Gasteiger partial charge < -0.3 is 4.74 Å². The van der Waals surface area contributed by atoms with Gasteiger partial charge in [0.25, 0.3) is 0 Å². The van der Waals surface area contributed by atoms with Crippen LogP contribution in [0.15, 0.2) is 30.3 Å². The molecule has 1 saturated heterocycles. The molecule has 3 nitrogen and oxygen atoms in total. The van der Waals surface area contributed by atoms with E-state index in [0.29, 0.717) is 5.25 Å². The summed E-state index contributed by atoms with van der Waals surface area (Å²) < 4.78 is 5.44. The molecule has 0 bridgehead atoms. The van der Waals surface area contributed by atoms with E-state index in [1.165, 1.54) is 11.8 Å². The van der Waals surface area contributed by atoms with Crippen LogP contribution in [0.1, 0.15) is 37.6 Å². The summed E-state index contributed by atoms with van der Waals surface area (Å²) in [5.74, 6) is 1.39. The number of hydrogen-bond donors (Lipinski definition) is 0. The Morgan fingerprint density at radius 2 is 1.95 bits per heavy atom. The summed E-state index contributed by atoms with van der Waals surface area (Å²) in [6.07, 6.45) is 0.800. The average molecular weight is 338 g/mol. The zero-order chi connectivity index (χ0) is 16.2. The summed E-state index contributed by atoms with van der Waals surface area (Å²) in [7, 11) is 0. The fourth-order valence-electron chi connectivity index (χ4n) is 2.20. The fraction of sp³-hybridized carbons (Fsp3) is 0.529. The lowest BCUT2D eigenvalue weighted by molar-refractivity contribution is -0.159. The first-order valence-electron chi connectivity index (χ1n) is 7.42. The maximum atomic E-state index is 12.1. The number of benzene rings is 1. The molecule has 0 spiro atoms. The molecule has 120 valence electrons. The lowest BCUT2D eigenvalue weighted by Gasteiger charge is -2.21. The number of esters is 1. The van der Waals surface area contributed by atoms with Crippen molar-refractivity contribution in [1.82, 2.24) is 0 Å². The van der Waals surface area contributed by atoms with Gasteiger partial charge in [0.1, 0.15) is 5.60 Å². The highest BCUT2D eigenvalue weighted by Gasteiger charge is 2.33. The quantitative estimate of drug-likeness (QED) is 0.776. The molecule has 2 rings (SSSR count). The number of ether oxygens (including phenoxy) is 1. The second kappa shape index (κ2) is 7.55. The van der Waals surface area contributed by atoms with E-state index in [-0.39, 0.29) is 17.0 Å². The minimum atomic E-state index is -0.433. The maximum absolute atomic E-state index is 12.1. The summed E-state index contributed by atoms with van der Waals surface area (Å²) in [6.45, 7) is 5.66. The molecule has 0 radical (unpaired) electrons. The molecule has 0 aliphatic carbocycles. The predicted octanol–water partition coefficient (Wildman–Crippen LogP) is 4.02. The molecule has 1 aromatic rings. The molecule has 0 N–H and O–H groups in total. The topological polar surface area (TPSA) is 43.4 Å². The minimum Gasteiger partial charge on any atom is -0.460 e. The Labute approximate surface area is 140 Å². The summed E-state index contributed by atoms with van der Waals surface area (Å²) in [5.41, 5.74) is 0.303. The van der Waals surface area contributed by atoms with Crippen LogP contribution in [0.25, 0.3) is 0 Å². The van der Waals surface area contributed by atoms with Crippen molar-refractivity contribution in [2.24, 2.45) is 5.92 Å². The van der Waals surface area contributed by atoms with Crippen molar-refractivity contribution in [3.05, 3.63) is 35.9 Å². The van der Waals surface area contributed by atoms with E-state index in [2.05, 4.69) is 0 Å². The highest BCUT2D eigenvalue weighted by atomic mass is 32.2. The van der Waals surface area contributed by atoms with Gasteiger partial charge in [-0.1, -0.05) is 42.1 Å². The Balaban J connectivity index is 1.77. The van der Waals surface area contributed by atoms with Gasteiger partial charge in [0.05, 0.1) is 5.92 Å². The second-order valence-electron chi connectivity index (χ2n) is 6.39. The van der Waals surface area contributed by atoms with Gasteiger partial charge in [-0.15, -0.1) is 0 Å². The fourth-order valence-corrected chi connectivity index (χ4v) is 4.71. The predicted molar refractivity (Wildman–Crippen MR) is 93.4 cm³/mol. The zero-order valence-electron chi connectivity index (χ0n) is 13.2. The van der Waals surface area contributed by atoms with E-state index >= 15 is 0 Å². The van der Waals surface area contributed by atoms with Gasteiger partial charge in [0.2, 0.25) is 5.12 Å². The molecule has 1 heterocycles. The molecule has 0 unspecified atom stereocenters. The van der Waals surface area contributed by atoms with E-state index in [1.54, 1.807) is 11.8 Å². The van der Waals surface area contributed by atoms with Crippen molar-refractivity contribution in [2.45, 2.75) is 38.0 Å². The van der Waals surface area contributed by atoms with Gasteiger partial charge >= 0.3 is 5.97 Å². The van der Waals surface area contributed by atoms with Crippen molar-refractivity contribution in [2.75, 3.05) is 11.5 Å². The summed E-state index contributed by atoms with van der Waals surface area (Å²) in [5, 5.41) is 0.442. The molecule has 22 heavy (non-hydrogen) atoms. The van der Waals surface area contributed by atoms with Gasteiger partial charge in [-0.05, 0) is 27.2 Å². The lowest BCUT2D eigenvalue weighted by atomic mass is 10.1. The summed E-state index contributed by atoms with van der Waals surface area (Å²) in [6, 6.07) is 9.31. The first kappa shape index (κ1) is 17.4. The van der Waals surface area contributed by atoms with Gasteiger partial charge in [-0.2, -0.15) is 11.8 Å². The number of carbonyl (C=O) groups excluding carboxylic acids is 2.